The van der Waals surface area contributed by atoms with E-state index in [1.54, 1.807) is 13.3 Å². The Balaban J connectivity index is 2.60. The van der Waals surface area contributed by atoms with E-state index in [0.717, 1.165) is 22.6 Å². The molecule has 0 atom stereocenters. The van der Waals surface area contributed by atoms with Crippen LogP contribution in [0.5, 0.6) is 5.88 Å². The minimum atomic E-state index is 0.223. The number of halogens is 1. The lowest BCUT2D eigenvalue weighted by atomic mass is 10.1. The van der Waals surface area contributed by atoms with Crippen LogP contribution in [0.25, 0.3) is 11.3 Å². The van der Waals surface area contributed by atoms with E-state index in [-0.39, 0.29) is 5.92 Å². The van der Waals surface area contributed by atoms with E-state index in [1.807, 2.05) is 32.9 Å². The van der Waals surface area contributed by atoms with Gasteiger partial charge >= 0.3 is 0 Å². The van der Waals surface area contributed by atoms with Crippen molar-refractivity contribution in [3.63, 3.8) is 0 Å². The van der Waals surface area contributed by atoms with Gasteiger partial charge in [0.25, 0.3) is 0 Å². The van der Waals surface area contributed by atoms with Crippen LogP contribution in [0.3, 0.4) is 0 Å². The maximum Gasteiger partial charge on any atom is 0.213 e. The average Bonchev–Trinajstić information content (AvgIpc) is 2.41. The lowest BCUT2D eigenvalue weighted by Gasteiger charge is -2.11. The highest BCUT2D eigenvalue weighted by atomic mass is 35.5. The molecule has 0 fully saturated rings. The number of aromatic nitrogens is 3. The molecule has 5 heteroatoms. The number of hydrogen-bond acceptors (Lipinski definition) is 4. The van der Waals surface area contributed by atoms with Crippen molar-refractivity contribution in [1.29, 1.82) is 0 Å². The minimum absolute atomic E-state index is 0.223. The van der Waals surface area contributed by atoms with Crippen LogP contribution in [0, 0.1) is 6.92 Å². The molecule has 0 saturated carbocycles. The molecule has 0 spiro atoms. The van der Waals surface area contributed by atoms with Crippen molar-refractivity contribution in [3.8, 4) is 17.1 Å². The van der Waals surface area contributed by atoms with Crippen LogP contribution < -0.4 is 4.74 Å². The fourth-order valence-corrected chi connectivity index (χ4v) is 1.89. The summed E-state index contributed by atoms with van der Waals surface area (Å²) < 4.78 is 5.14. The van der Waals surface area contributed by atoms with E-state index in [4.69, 9.17) is 16.3 Å². The lowest BCUT2D eigenvalue weighted by molar-refractivity contribution is 0.398. The van der Waals surface area contributed by atoms with E-state index in [1.165, 1.54) is 0 Å². The molecule has 0 amide bonds. The zero-order valence-electron chi connectivity index (χ0n) is 11.4. The lowest BCUT2D eigenvalue weighted by Crippen LogP contribution is -2.02. The first-order chi connectivity index (χ1) is 9.02. The van der Waals surface area contributed by atoms with Crippen LogP contribution in [0.4, 0.5) is 0 Å². The number of pyridine rings is 1. The summed E-state index contributed by atoms with van der Waals surface area (Å²) >= 11 is 6.19. The first kappa shape index (κ1) is 13.7. The normalized spacial score (nSPS) is 10.8. The summed E-state index contributed by atoms with van der Waals surface area (Å²) in [6.07, 6.45) is 1.69. The van der Waals surface area contributed by atoms with Gasteiger partial charge in [0.2, 0.25) is 5.88 Å². The third kappa shape index (κ3) is 2.84. The largest absolute Gasteiger partial charge is 0.481 e. The van der Waals surface area contributed by atoms with Crippen molar-refractivity contribution >= 4 is 11.6 Å². The summed E-state index contributed by atoms with van der Waals surface area (Å²) in [5, 5.41) is 0.490. The molecule has 100 valence electrons. The van der Waals surface area contributed by atoms with Crippen LogP contribution in [-0.4, -0.2) is 22.1 Å². The summed E-state index contributed by atoms with van der Waals surface area (Å²) in [4.78, 5) is 13.0. The number of methoxy groups -OCH3 is 1. The molecule has 0 aliphatic carbocycles. The van der Waals surface area contributed by atoms with Crippen molar-refractivity contribution in [1.82, 2.24) is 15.0 Å². The first-order valence-electron chi connectivity index (χ1n) is 6.07. The molecule has 4 nitrogen and oxygen atoms in total. The smallest absolute Gasteiger partial charge is 0.213 e. The third-order valence-corrected chi connectivity index (χ3v) is 3.21. The van der Waals surface area contributed by atoms with E-state index < -0.39 is 0 Å². The van der Waals surface area contributed by atoms with Crippen molar-refractivity contribution in [3.05, 3.63) is 34.9 Å². The van der Waals surface area contributed by atoms with Crippen LogP contribution >= 0.6 is 11.6 Å². The molecule has 2 rings (SSSR count). The Labute approximate surface area is 117 Å². The SMILES string of the molecule is COc1cc(-c2nc(C(C)C)nc(Cl)c2C)ccn1. The highest BCUT2D eigenvalue weighted by Crippen LogP contribution is 2.28. The second kappa shape index (κ2) is 5.53. The van der Waals surface area contributed by atoms with Crippen molar-refractivity contribution in [2.24, 2.45) is 0 Å². The van der Waals surface area contributed by atoms with Gasteiger partial charge in [-0.15, -0.1) is 0 Å². The predicted octanol–water partition coefficient (Wildman–Crippen LogP) is 3.63. The molecule has 2 aromatic rings. The average molecular weight is 278 g/mol. The monoisotopic (exact) mass is 277 g/mol. The van der Waals surface area contributed by atoms with Crippen molar-refractivity contribution < 1.29 is 4.74 Å². The molecule has 0 aliphatic rings. The molecule has 0 bridgehead atoms. The molecule has 0 radical (unpaired) electrons. The Kier molecular flexibility index (Phi) is 4.00. The molecule has 19 heavy (non-hydrogen) atoms. The molecule has 0 aromatic carbocycles. The molecular weight excluding hydrogens is 262 g/mol. The number of rotatable bonds is 3. The Bertz CT molecular complexity index is 599. The van der Waals surface area contributed by atoms with Crippen LogP contribution in [0.15, 0.2) is 18.3 Å². The Morgan fingerprint density at radius 2 is 2.00 bits per heavy atom. The second-order valence-electron chi connectivity index (χ2n) is 4.59. The number of hydrogen-bond donors (Lipinski definition) is 0. The van der Waals surface area contributed by atoms with Crippen LogP contribution in [-0.2, 0) is 0 Å². The second-order valence-corrected chi connectivity index (χ2v) is 4.95. The Morgan fingerprint density at radius 1 is 1.26 bits per heavy atom. The standard InChI is InChI=1S/C14H16ClN3O/c1-8(2)14-17-12(9(3)13(15)18-14)10-5-6-16-11(7-10)19-4/h5-8H,1-4H3. The van der Waals surface area contributed by atoms with E-state index in [0.29, 0.717) is 11.0 Å². The fraction of sp³-hybridized carbons (Fsp3) is 0.357. The maximum absolute atomic E-state index is 6.19. The molecular formula is C14H16ClN3O. The van der Waals surface area contributed by atoms with Gasteiger partial charge in [-0.1, -0.05) is 25.4 Å². The van der Waals surface area contributed by atoms with Crippen molar-refractivity contribution in [2.75, 3.05) is 7.11 Å². The van der Waals surface area contributed by atoms with Gasteiger partial charge in [0.15, 0.2) is 0 Å². The summed E-state index contributed by atoms with van der Waals surface area (Å²) in [7, 11) is 1.59. The van der Waals surface area contributed by atoms with Gasteiger partial charge in [0.1, 0.15) is 11.0 Å². The van der Waals surface area contributed by atoms with E-state index in [9.17, 15) is 0 Å². The number of ether oxygens (including phenoxy) is 1. The zero-order chi connectivity index (χ0) is 14.0. The van der Waals surface area contributed by atoms with Crippen LogP contribution in [0.1, 0.15) is 31.2 Å². The Morgan fingerprint density at radius 3 is 2.63 bits per heavy atom. The van der Waals surface area contributed by atoms with Gasteiger partial charge in [-0.05, 0) is 13.0 Å². The summed E-state index contributed by atoms with van der Waals surface area (Å²) in [6, 6.07) is 3.73. The molecule has 0 unspecified atom stereocenters. The fourth-order valence-electron chi connectivity index (χ4n) is 1.71. The van der Waals surface area contributed by atoms with Gasteiger partial charge in [0, 0.05) is 29.3 Å². The molecule has 0 N–H and O–H groups in total. The molecule has 2 aromatic heterocycles. The number of nitrogens with zero attached hydrogens (tertiary/aromatic N) is 3. The van der Waals surface area contributed by atoms with Gasteiger partial charge in [-0.25, -0.2) is 15.0 Å². The zero-order valence-corrected chi connectivity index (χ0v) is 12.2. The van der Waals surface area contributed by atoms with E-state index >= 15 is 0 Å². The predicted molar refractivity (Wildman–Crippen MR) is 75.7 cm³/mol. The Hall–Kier alpha value is -1.68. The van der Waals surface area contributed by atoms with Crippen LogP contribution in [0.2, 0.25) is 5.15 Å². The van der Waals surface area contributed by atoms with Gasteiger partial charge < -0.3 is 4.74 Å². The van der Waals surface area contributed by atoms with Crippen molar-refractivity contribution in [2.45, 2.75) is 26.7 Å². The quantitative estimate of drug-likeness (QED) is 0.804. The highest BCUT2D eigenvalue weighted by molar-refractivity contribution is 6.30. The topological polar surface area (TPSA) is 47.9 Å². The van der Waals surface area contributed by atoms with Gasteiger partial charge in [-0.2, -0.15) is 0 Å². The van der Waals surface area contributed by atoms with Gasteiger partial charge in [-0.3, -0.25) is 0 Å². The maximum atomic E-state index is 6.19. The molecule has 0 aliphatic heterocycles. The third-order valence-electron chi connectivity index (χ3n) is 2.84. The molecule has 0 saturated heterocycles. The van der Waals surface area contributed by atoms with Gasteiger partial charge in [0.05, 0.1) is 12.8 Å². The molecule has 2 heterocycles. The van der Waals surface area contributed by atoms with E-state index in [2.05, 4.69) is 15.0 Å². The summed E-state index contributed by atoms with van der Waals surface area (Å²) in [5.41, 5.74) is 2.61. The summed E-state index contributed by atoms with van der Waals surface area (Å²) in [6.45, 7) is 5.99. The first-order valence-corrected chi connectivity index (χ1v) is 6.45. The minimum Gasteiger partial charge on any atom is -0.481 e. The summed E-state index contributed by atoms with van der Waals surface area (Å²) in [5.74, 6) is 1.51. The highest BCUT2D eigenvalue weighted by Gasteiger charge is 2.13.